The molecule has 2 heterocycles. The Morgan fingerprint density at radius 2 is 1.96 bits per heavy atom. The predicted octanol–water partition coefficient (Wildman–Crippen LogP) is 3.15. The van der Waals surface area contributed by atoms with E-state index in [2.05, 4.69) is 14.7 Å². The second kappa shape index (κ2) is 6.39. The monoisotopic (exact) mass is 367 g/mol. The molecule has 2 fully saturated rings. The first-order chi connectivity index (χ1) is 12.4. The highest BCUT2D eigenvalue weighted by Gasteiger charge is 2.39. The van der Waals surface area contributed by atoms with Crippen molar-refractivity contribution in [3.63, 3.8) is 0 Å². The lowest BCUT2D eigenvalue weighted by Crippen LogP contribution is -2.51. The molecular weight excluding hydrogens is 351 g/mol. The third-order valence-electron chi connectivity index (χ3n) is 4.80. The van der Waals surface area contributed by atoms with Crippen molar-refractivity contribution >= 4 is 5.91 Å². The van der Waals surface area contributed by atoms with Crippen molar-refractivity contribution < 1.29 is 27.2 Å². The van der Waals surface area contributed by atoms with Crippen LogP contribution in [-0.2, 0) is 10.9 Å². The van der Waals surface area contributed by atoms with Crippen LogP contribution in [0.2, 0.25) is 0 Å². The highest BCUT2D eigenvalue weighted by molar-refractivity contribution is 5.95. The van der Waals surface area contributed by atoms with E-state index in [0.29, 0.717) is 24.3 Å². The number of rotatable bonds is 2. The molecule has 1 aliphatic carbocycles. The molecule has 1 saturated carbocycles. The van der Waals surface area contributed by atoms with Crippen molar-refractivity contribution in [2.24, 2.45) is 0 Å². The molecule has 1 amide bonds. The van der Waals surface area contributed by atoms with Crippen LogP contribution in [0.4, 0.5) is 13.2 Å². The van der Waals surface area contributed by atoms with Gasteiger partial charge >= 0.3 is 12.1 Å². The molecule has 1 aromatic heterocycles. The number of ether oxygens (including phenoxy) is 1. The lowest BCUT2D eigenvalue weighted by atomic mass is 10.1. The Kier molecular flexibility index (Phi) is 4.18. The van der Waals surface area contributed by atoms with Crippen LogP contribution < -0.4 is 0 Å². The van der Waals surface area contributed by atoms with Crippen LogP contribution in [-0.4, -0.2) is 46.2 Å². The summed E-state index contributed by atoms with van der Waals surface area (Å²) in [7, 11) is 0. The maximum Gasteiger partial charge on any atom is 0.471 e. The lowest BCUT2D eigenvalue weighted by Gasteiger charge is -2.37. The van der Waals surface area contributed by atoms with Gasteiger partial charge in [-0.25, -0.2) is 0 Å². The smallest absolute Gasteiger partial charge is 0.374 e. The highest BCUT2D eigenvalue weighted by Crippen LogP contribution is 2.31. The van der Waals surface area contributed by atoms with Gasteiger partial charge in [-0.2, -0.15) is 18.2 Å². The Balaban J connectivity index is 1.52. The molecule has 0 spiro atoms. The molecule has 9 heteroatoms. The van der Waals surface area contributed by atoms with E-state index in [1.54, 1.807) is 12.1 Å². The van der Waals surface area contributed by atoms with Gasteiger partial charge in [0.05, 0.1) is 18.8 Å². The predicted molar refractivity (Wildman–Crippen MR) is 83.2 cm³/mol. The number of hydrogen-bond acceptors (Lipinski definition) is 5. The van der Waals surface area contributed by atoms with E-state index in [9.17, 15) is 18.0 Å². The first kappa shape index (κ1) is 17.0. The molecule has 6 nitrogen and oxygen atoms in total. The van der Waals surface area contributed by atoms with Crippen molar-refractivity contribution in [2.75, 3.05) is 13.2 Å². The van der Waals surface area contributed by atoms with Crippen LogP contribution in [0.5, 0.6) is 0 Å². The summed E-state index contributed by atoms with van der Waals surface area (Å²) in [5.41, 5.74) is 0.822. The van der Waals surface area contributed by atoms with Gasteiger partial charge in [-0.05, 0) is 31.4 Å². The molecule has 0 bridgehead atoms. The number of morpholine rings is 1. The number of halogens is 3. The molecular formula is C17H16F3N3O3. The largest absolute Gasteiger partial charge is 0.471 e. The van der Waals surface area contributed by atoms with Crippen LogP contribution in [0.3, 0.4) is 0 Å². The number of alkyl halides is 3. The second-order valence-corrected chi connectivity index (χ2v) is 6.40. The van der Waals surface area contributed by atoms with Gasteiger partial charge in [-0.15, -0.1) is 0 Å². The quantitative estimate of drug-likeness (QED) is 0.816. The molecule has 138 valence electrons. The maximum atomic E-state index is 12.8. The fourth-order valence-corrected chi connectivity index (χ4v) is 3.56. The number of nitrogens with zero attached hydrogens (tertiary/aromatic N) is 3. The summed E-state index contributed by atoms with van der Waals surface area (Å²) < 4.78 is 47.6. The van der Waals surface area contributed by atoms with Crippen LogP contribution in [0.25, 0.3) is 11.4 Å². The van der Waals surface area contributed by atoms with Gasteiger partial charge in [0.15, 0.2) is 0 Å². The molecule has 2 aliphatic rings. The first-order valence-corrected chi connectivity index (χ1v) is 8.37. The van der Waals surface area contributed by atoms with Gasteiger partial charge in [0.25, 0.3) is 5.91 Å². The third kappa shape index (κ3) is 3.07. The Morgan fingerprint density at radius 3 is 2.65 bits per heavy atom. The number of benzene rings is 1. The molecule has 1 saturated heterocycles. The zero-order valence-electron chi connectivity index (χ0n) is 13.7. The van der Waals surface area contributed by atoms with E-state index in [4.69, 9.17) is 4.74 Å². The highest BCUT2D eigenvalue weighted by atomic mass is 19.4. The van der Waals surface area contributed by atoms with Crippen LogP contribution in [0, 0.1) is 0 Å². The standard InChI is InChI=1S/C17H16F3N3O3/c18-17(19,20)16-21-14(22-26-16)10-4-6-11(7-5-10)15(24)23-8-9-25-13-3-1-2-12(13)23/h4-7,12-13H,1-3,8-9H2/t12-,13+/m1/s1. The molecule has 26 heavy (non-hydrogen) atoms. The van der Waals surface area contributed by atoms with Gasteiger partial charge in [-0.3, -0.25) is 4.79 Å². The summed E-state index contributed by atoms with van der Waals surface area (Å²) >= 11 is 0. The van der Waals surface area contributed by atoms with Crippen LogP contribution in [0.1, 0.15) is 35.5 Å². The molecule has 2 aromatic rings. The van der Waals surface area contributed by atoms with Crippen molar-refractivity contribution in [2.45, 2.75) is 37.6 Å². The van der Waals surface area contributed by atoms with E-state index in [-0.39, 0.29) is 23.9 Å². The van der Waals surface area contributed by atoms with Crippen molar-refractivity contribution in [3.05, 3.63) is 35.7 Å². The average Bonchev–Trinajstić information content (AvgIpc) is 3.30. The lowest BCUT2D eigenvalue weighted by molar-refractivity contribution is -0.159. The molecule has 1 aromatic carbocycles. The summed E-state index contributed by atoms with van der Waals surface area (Å²) in [5.74, 6) is -1.66. The SMILES string of the molecule is O=C(c1ccc(-c2noc(C(F)(F)F)n2)cc1)N1CCO[C@H]2CCC[C@H]21. The minimum atomic E-state index is -4.69. The first-order valence-electron chi connectivity index (χ1n) is 8.37. The summed E-state index contributed by atoms with van der Waals surface area (Å²) in [5, 5.41) is 3.34. The maximum absolute atomic E-state index is 12.8. The van der Waals surface area contributed by atoms with Crippen molar-refractivity contribution in [1.82, 2.24) is 15.0 Å². The minimum absolute atomic E-state index is 0.0964. The topological polar surface area (TPSA) is 68.5 Å². The van der Waals surface area contributed by atoms with Gasteiger partial charge in [0, 0.05) is 17.7 Å². The van der Waals surface area contributed by atoms with Gasteiger partial charge in [0.2, 0.25) is 5.82 Å². The van der Waals surface area contributed by atoms with E-state index < -0.39 is 12.1 Å². The minimum Gasteiger partial charge on any atom is -0.374 e. The van der Waals surface area contributed by atoms with Crippen LogP contribution in [0.15, 0.2) is 28.8 Å². The fraction of sp³-hybridized carbons (Fsp3) is 0.471. The molecule has 4 rings (SSSR count). The van der Waals surface area contributed by atoms with Gasteiger partial charge < -0.3 is 14.2 Å². The third-order valence-corrected chi connectivity index (χ3v) is 4.80. The summed E-state index contributed by atoms with van der Waals surface area (Å²) in [6.07, 6.45) is -1.65. The van der Waals surface area contributed by atoms with Crippen molar-refractivity contribution in [1.29, 1.82) is 0 Å². The summed E-state index contributed by atoms with van der Waals surface area (Å²) in [6.45, 7) is 1.07. The zero-order chi connectivity index (χ0) is 18.3. The van der Waals surface area contributed by atoms with E-state index in [1.165, 1.54) is 12.1 Å². The Morgan fingerprint density at radius 1 is 1.19 bits per heavy atom. The number of aromatic nitrogens is 2. The Bertz CT molecular complexity index is 804. The van der Waals surface area contributed by atoms with E-state index in [1.807, 2.05) is 4.90 Å². The number of carbonyl (C=O) groups excluding carboxylic acids is 1. The number of carbonyl (C=O) groups is 1. The summed E-state index contributed by atoms with van der Waals surface area (Å²) in [6, 6.07) is 6.28. The molecule has 0 unspecified atom stereocenters. The van der Waals surface area contributed by atoms with Gasteiger partial charge in [0.1, 0.15) is 0 Å². The van der Waals surface area contributed by atoms with E-state index in [0.717, 1.165) is 19.3 Å². The normalized spacial score (nSPS) is 23.1. The molecule has 2 atom stereocenters. The zero-order valence-corrected chi connectivity index (χ0v) is 13.7. The second-order valence-electron chi connectivity index (χ2n) is 6.40. The van der Waals surface area contributed by atoms with Crippen LogP contribution >= 0.6 is 0 Å². The Hall–Kier alpha value is -2.42. The average molecular weight is 367 g/mol. The molecule has 1 aliphatic heterocycles. The number of amides is 1. The molecule has 0 radical (unpaired) electrons. The van der Waals surface area contributed by atoms with E-state index >= 15 is 0 Å². The van der Waals surface area contributed by atoms with Gasteiger partial charge in [-0.1, -0.05) is 17.3 Å². The fourth-order valence-electron chi connectivity index (χ4n) is 3.56. The Labute approximate surface area is 146 Å². The van der Waals surface area contributed by atoms with Crippen molar-refractivity contribution in [3.8, 4) is 11.4 Å². The number of fused-ring (bicyclic) bond motifs is 1. The molecule has 0 N–H and O–H groups in total. The number of hydrogen-bond donors (Lipinski definition) is 0. The summed E-state index contributed by atoms with van der Waals surface area (Å²) in [4.78, 5) is 18.0.